The van der Waals surface area contributed by atoms with Crippen molar-refractivity contribution in [2.45, 2.75) is 33.4 Å². The van der Waals surface area contributed by atoms with Crippen molar-refractivity contribution in [3.63, 3.8) is 0 Å². The molecule has 0 aromatic heterocycles. The number of thioether (sulfide) groups is 2. The molecule has 1 heterocycles. The molecule has 1 aliphatic heterocycles. The monoisotopic (exact) mass is 448 g/mol. The lowest BCUT2D eigenvalue weighted by Gasteiger charge is -2.24. The minimum absolute atomic E-state index is 0.0543. The van der Waals surface area contributed by atoms with Gasteiger partial charge in [-0.3, -0.25) is 9.59 Å². The smallest absolute Gasteiger partial charge is 0.326 e. The standard InChI is InChI=1S/C18H13F5N2O2S2/c19-17(20)28-11-4-2-10(3-5-11)24-15(26)8-14-16(27)25-12-7-9(18(21,22)23)1-6-13(12)29-14/h1-7,14,17H,8H2,(H,24,26)(H,25,27)/t14-/m1/s1. The van der Waals surface area contributed by atoms with Crippen molar-refractivity contribution in [2.75, 3.05) is 10.6 Å². The van der Waals surface area contributed by atoms with Crippen molar-refractivity contribution >= 4 is 46.7 Å². The number of halogens is 5. The van der Waals surface area contributed by atoms with E-state index in [1.54, 1.807) is 0 Å². The largest absolute Gasteiger partial charge is 0.416 e. The summed E-state index contributed by atoms with van der Waals surface area (Å²) in [5.41, 5.74) is -0.439. The van der Waals surface area contributed by atoms with Gasteiger partial charge in [-0.05, 0) is 42.5 Å². The third kappa shape index (κ3) is 5.63. The predicted molar refractivity (Wildman–Crippen MR) is 101 cm³/mol. The van der Waals surface area contributed by atoms with Crippen molar-refractivity contribution in [3.05, 3.63) is 48.0 Å². The number of alkyl halides is 5. The number of fused-ring (bicyclic) bond motifs is 1. The summed E-state index contributed by atoms with van der Waals surface area (Å²) < 4.78 is 63.0. The molecule has 0 radical (unpaired) electrons. The molecule has 2 amide bonds. The van der Waals surface area contributed by atoms with Crippen LogP contribution in [0.15, 0.2) is 52.3 Å². The Bertz CT molecular complexity index is 919. The Balaban J connectivity index is 1.62. The summed E-state index contributed by atoms with van der Waals surface area (Å²) in [4.78, 5) is 25.2. The summed E-state index contributed by atoms with van der Waals surface area (Å²) in [6, 6.07) is 8.82. The summed E-state index contributed by atoms with van der Waals surface area (Å²) in [5, 5.41) is 4.16. The van der Waals surface area contributed by atoms with E-state index >= 15 is 0 Å². The van der Waals surface area contributed by atoms with Gasteiger partial charge in [0, 0.05) is 21.9 Å². The summed E-state index contributed by atoms with van der Waals surface area (Å²) in [5.74, 6) is -3.60. The Labute approximate surface area is 170 Å². The maximum atomic E-state index is 12.8. The molecule has 2 aromatic rings. The highest BCUT2D eigenvalue weighted by Gasteiger charge is 2.34. The van der Waals surface area contributed by atoms with E-state index in [0.29, 0.717) is 27.2 Å². The van der Waals surface area contributed by atoms with Crippen LogP contribution in [0.4, 0.5) is 33.3 Å². The lowest BCUT2D eigenvalue weighted by Crippen LogP contribution is -2.32. The van der Waals surface area contributed by atoms with Crippen LogP contribution in [0.2, 0.25) is 0 Å². The number of anilines is 2. The van der Waals surface area contributed by atoms with Crippen molar-refractivity contribution in [1.82, 2.24) is 0 Å². The molecule has 0 spiro atoms. The molecule has 154 valence electrons. The normalized spacial score (nSPS) is 16.3. The van der Waals surface area contributed by atoms with Crippen molar-refractivity contribution in [2.24, 2.45) is 0 Å². The second kappa shape index (κ2) is 8.62. The van der Waals surface area contributed by atoms with E-state index in [4.69, 9.17) is 0 Å². The van der Waals surface area contributed by atoms with Crippen LogP contribution in [0.1, 0.15) is 12.0 Å². The van der Waals surface area contributed by atoms with Crippen LogP contribution in [0.3, 0.4) is 0 Å². The molecule has 0 bridgehead atoms. The van der Waals surface area contributed by atoms with Gasteiger partial charge < -0.3 is 10.6 Å². The summed E-state index contributed by atoms with van der Waals surface area (Å²) in [6.07, 6.45) is -4.73. The molecule has 11 heteroatoms. The topological polar surface area (TPSA) is 58.2 Å². The Morgan fingerprint density at radius 3 is 2.48 bits per heavy atom. The van der Waals surface area contributed by atoms with Crippen molar-refractivity contribution in [3.8, 4) is 0 Å². The van der Waals surface area contributed by atoms with Crippen LogP contribution in [0, 0.1) is 0 Å². The predicted octanol–water partition coefficient (Wildman–Crippen LogP) is 5.46. The van der Waals surface area contributed by atoms with E-state index in [9.17, 15) is 31.5 Å². The van der Waals surface area contributed by atoms with E-state index in [1.807, 2.05) is 0 Å². The number of benzene rings is 2. The second-order valence-corrected chi connectivity index (χ2v) is 8.27. The third-order valence-corrected chi connectivity index (χ3v) is 5.86. The summed E-state index contributed by atoms with van der Waals surface area (Å²) >= 11 is 1.38. The first-order valence-corrected chi connectivity index (χ1v) is 9.91. The van der Waals surface area contributed by atoms with Crippen molar-refractivity contribution < 1.29 is 31.5 Å². The number of hydrogen-bond donors (Lipinski definition) is 2. The lowest BCUT2D eigenvalue weighted by atomic mass is 10.1. The quantitative estimate of drug-likeness (QED) is 0.471. The van der Waals surface area contributed by atoms with Crippen LogP contribution >= 0.6 is 23.5 Å². The Morgan fingerprint density at radius 1 is 1.17 bits per heavy atom. The van der Waals surface area contributed by atoms with Gasteiger partial charge in [0.1, 0.15) is 0 Å². The van der Waals surface area contributed by atoms with E-state index in [1.165, 1.54) is 30.3 Å². The van der Waals surface area contributed by atoms with Gasteiger partial charge in [-0.2, -0.15) is 22.0 Å². The molecule has 29 heavy (non-hydrogen) atoms. The van der Waals surface area contributed by atoms with Gasteiger partial charge >= 0.3 is 6.18 Å². The first-order chi connectivity index (χ1) is 13.6. The molecular weight excluding hydrogens is 435 g/mol. The fraction of sp³-hybridized carbons (Fsp3) is 0.222. The van der Waals surface area contributed by atoms with Gasteiger partial charge in [0.2, 0.25) is 11.8 Å². The Morgan fingerprint density at radius 2 is 1.86 bits per heavy atom. The lowest BCUT2D eigenvalue weighted by molar-refractivity contribution is -0.137. The van der Waals surface area contributed by atoms with Gasteiger partial charge in [0.25, 0.3) is 5.76 Å². The average Bonchev–Trinajstić information content (AvgIpc) is 2.62. The molecule has 0 saturated carbocycles. The van der Waals surface area contributed by atoms with E-state index in [-0.39, 0.29) is 12.1 Å². The second-order valence-electron chi connectivity index (χ2n) is 5.96. The van der Waals surface area contributed by atoms with Crippen LogP contribution in [-0.4, -0.2) is 22.8 Å². The number of carbonyl (C=O) groups is 2. The maximum absolute atomic E-state index is 12.8. The fourth-order valence-corrected chi connectivity index (χ4v) is 4.15. The molecule has 0 fully saturated rings. The minimum Gasteiger partial charge on any atom is -0.326 e. The van der Waals surface area contributed by atoms with E-state index < -0.39 is 34.6 Å². The number of carbonyl (C=O) groups excluding carboxylic acids is 2. The summed E-state index contributed by atoms with van der Waals surface area (Å²) in [6.45, 7) is 0. The molecule has 0 aliphatic carbocycles. The minimum atomic E-state index is -4.52. The number of rotatable bonds is 5. The molecule has 1 atom stereocenters. The van der Waals surface area contributed by atoms with E-state index in [2.05, 4.69) is 10.6 Å². The highest BCUT2D eigenvalue weighted by Crippen LogP contribution is 2.40. The van der Waals surface area contributed by atoms with Crippen LogP contribution in [0.25, 0.3) is 0 Å². The molecule has 0 saturated heterocycles. The van der Waals surface area contributed by atoms with Gasteiger partial charge in [-0.25, -0.2) is 0 Å². The van der Waals surface area contributed by atoms with Crippen LogP contribution in [-0.2, 0) is 15.8 Å². The zero-order chi connectivity index (χ0) is 21.2. The molecule has 2 N–H and O–H groups in total. The van der Waals surface area contributed by atoms with Gasteiger partial charge in [0.15, 0.2) is 0 Å². The van der Waals surface area contributed by atoms with Gasteiger partial charge in [-0.15, -0.1) is 11.8 Å². The van der Waals surface area contributed by atoms with Crippen molar-refractivity contribution in [1.29, 1.82) is 0 Å². The molecule has 0 unspecified atom stereocenters. The Kier molecular flexibility index (Phi) is 6.37. The van der Waals surface area contributed by atoms with E-state index in [0.717, 1.165) is 23.9 Å². The van der Waals surface area contributed by atoms with Gasteiger partial charge in [0.05, 0.1) is 16.5 Å². The van der Waals surface area contributed by atoms with Crippen LogP contribution < -0.4 is 10.6 Å². The highest BCUT2D eigenvalue weighted by molar-refractivity contribution is 8.01. The summed E-state index contributed by atoms with van der Waals surface area (Å²) in [7, 11) is 0. The molecule has 1 aliphatic rings. The number of nitrogens with one attached hydrogen (secondary N) is 2. The molecule has 2 aromatic carbocycles. The third-order valence-electron chi connectivity index (χ3n) is 3.86. The van der Waals surface area contributed by atoms with Crippen LogP contribution in [0.5, 0.6) is 0 Å². The van der Waals surface area contributed by atoms with Gasteiger partial charge in [-0.1, -0.05) is 11.8 Å². The zero-order valence-corrected chi connectivity index (χ0v) is 16.1. The number of hydrogen-bond acceptors (Lipinski definition) is 4. The highest BCUT2D eigenvalue weighted by atomic mass is 32.2. The molecular formula is C18H13F5N2O2S2. The average molecular weight is 448 g/mol. The fourth-order valence-electron chi connectivity index (χ4n) is 2.56. The molecule has 4 nitrogen and oxygen atoms in total. The maximum Gasteiger partial charge on any atom is 0.416 e. The zero-order valence-electron chi connectivity index (χ0n) is 14.4. The Hall–Kier alpha value is -2.27. The molecule has 3 rings (SSSR count). The first kappa shape index (κ1) is 21.4. The SMILES string of the molecule is O=C(C[C@H]1Sc2ccc(C(F)(F)F)cc2NC1=O)Nc1ccc(SC(F)F)cc1. The first-order valence-electron chi connectivity index (χ1n) is 8.15. The number of amides is 2.